The van der Waals surface area contributed by atoms with E-state index in [0.29, 0.717) is 6.61 Å². The molecule has 0 spiro atoms. The molecule has 0 saturated carbocycles. The second-order valence-corrected chi connectivity index (χ2v) is 6.37. The van der Waals surface area contributed by atoms with Crippen LogP contribution in [-0.4, -0.2) is 17.7 Å². The van der Waals surface area contributed by atoms with Crippen molar-refractivity contribution in [2.45, 2.75) is 19.5 Å². The number of nitrogens with zero attached hydrogens (tertiary/aromatic N) is 2. The van der Waals surface area contributed by atoms with Gasteiger partial charge in [-0.3, -0.25) is 9.98 Å². The average Bonchev–Trinajstić information content (AvgIpc) is 2.72. The molecule has 0 saturated heterocycles. The van der Waals surface area contributed by atoms with Gasteiger partial charge in [-0.05, 0) is 42.0 Å². The number of aliphatic imine (C=N–C) groups is 1. The molecule has 1 aromatic heterocycles. The molecule has 136 valence electrons. The van der Waals surface area contributed by atoms with Gasteiger partial charge in [0.1, 0.15) is 12.4 Å². The van der Waals surface area contributed by atoms with E-state index in [-0.39, 0.29) is 5.56 Å². The topological polar surface area (TPSA) is 34.5 Å². The molecular weight excluding hydrogens is 346 g/mol. The number of benzene rings is 2. The molecule has 0 bridgehead atoms. The van der Waals surface area contributed by atoms with Gasteiger partial charge in [-0.25, -0.2) is 8.78 Å². The molecule has 0 radical (unpaired) electrons. The van der Waals surface area contributed by atoms with Crippen molar-refractivity contribution in [2.75, 3.05) is 6.54 Å². The SMILES string of the molecule is FC(F)c1ccc(COc2ccc(-c3ccc4c(n3)CCN=C4)cc2)cc1. The summed E-state index contributed by atoms with van der Waals surface area (Å²) in [5.74, 6) is 0.724. The lowest BCUT2D eigenvalue weighted by atomic mass is 10.1. The summed E-state index contributed by atoms with van der Waals surface area (Å²) in [4.78, 5) is 9.01. The number of alkyl halides is 2. The predicted molar refractivity (Wildman–Crippen MR) is 102 cm³/mol. The first-order valence-electron chi connectivity index (χ1n) is 8.79. The van der Waals surface area contributed by atoms with Crippen molar-refractivity contribution < 1.29 is 13.5 Å². The molecule has 2 aromatic carbocycles. The van der Waals surface area contributed by atoms with E-state index in [1.807, 2.05) is 42.6 Å². The van der Waals surface area contributed by atoms with Crippen LogP contribution in [-0.2, 0) is 13.0 Å². The number of fused-ring (bicyclic) bond motifs is 1. The van der Waals surface area contributed by atoms with Crippen LogP contribution in [0.15, 0.2) is 65.7 Å². The molecule has 4 rings (SSSR count). The molecule has 2 heterocycles. The van der Waals surface area contributed by atoms with Gasteiger partial charge in [-0.2, -0.15) is 0 Å². The fraction of sp³-hybridized carbons (Fsp3) is 0.182. The third-order valence-corrected chi connectivity index (χ3v) is 4.50. The minimum Gasteiger partial charge on any atom is -0.489 e. The Bertz CT molecular complexity index is 951. The summed E-state index contributed by atoms with van der Waals surface area (Å²) < 4.78 is 30.9. The van der Waals surface area contributed by atoms with Gasteiger partial charge in [-0.1, -0.05) is 24.3 Å². The highest BCUT2D eigenvalue weighted by Gasteiger charge is 2.09. The Hall–Kier alpha value is -3.08. The lowest BCUT2D eigenvalue weighted by molar-refractivity contribution is 0.151. The van der Waals surface area contributed by atoms with Crippen molar-refractivity contribution >= 4 is 6.21 Å². The van der Waals surface area contributed by atoms with E-state index < -0.39 is 6.43 Å². The molecule has 0 amide bonds. The number of hydrogen-bond acceptors (Lipinski definition) is 3. The zero-order valence-corrected chi connectivity index (χ0v) is 14.6. The Balaban J connectivity index is 1.42. The minimum atomic E-state index is -2.45. The molecule has 27 heavy (non-hydrogen) atoms. The molecular formula is C22H18F2N2O. The fourth-order valence-electron chi connectivity index (χ4n) is 2.97. The van der Waals surface area contributed by atoms with Gasteiger partial charge in [-0.15, -0.1) is 0 Å². The summed E-state index contributed by atoms with van der Waals surface area (Å²) >= 11 is 0. The van der Waals surface area contributed by atoms with Crippen molar-refractivity contribution in [1.82, 2.24) is 4.98 Å². The second-order valence-electron chi connectivity index (χ2n) is 6.37. The van der Waals surface area contributed by atoms with E-state index in [1.165, 1.54) is 12.1 Å². The van der Waals surface area contributed by atoms with Gasteiger partial charge in [0, 0.05) is 35.9 Å². The van der Waals surface area contributed by atoms with Gasteiger partial charge in [0.25, 0.3) is 6.43 Å². The van der Waals surface area contributed by atoms with Gasteiger partial charge in [0.15, 0.2) is 0 Å². The normalized spacial score (nSPS) is 12.9. The van der Waals surface area contributed by atoms with Crippen LogP contribution in [0.25, 0.3) is 11.3 Å². The predicted octanol–water partition coefficient (Wildman–Crippen LogP) is 5.24. The van der Waals surface area contributed by atoms with Crippen LogP contribution >= 0.6 is 0 Å². The summed E-state index contributed by atoms with van der Waals surface area (Å²) in [5, 5.41) is 0. The number of hydrogen-bond donors (Lipinski definition) is 0. The monoisotopic (exact) mass is 364 g/mol. The molecule has 3 aromatic rings. The average molecular weight is 364 g/mol. The first-order valence-corrected chi connectivity index (χ1v) is 8.79. The van der Waals surface area contributed by atoms with Gasteiger partial charge in [0.05, 0.1) is 11.4 Å². The highest BCUT2D eigenvalue weighted by Crippen LogP contribution is 2.24. The molecule has 0 N–H and O–H groups in total. The van der Waals surface area contributed by atoms with Crippen LogP contribution in [0.5, 0.6) is 5.75 Å². The Morgan fingerprint density at radius 2 is 1.70 bits per heavy atom. The summed E-state index contributed by atoms with van der Waals surface area (Å²) in [6.07, 6.45) is 0.294. The van der Waals surface area contributed by atoms with E-state index in [9.17, 15) is 8.78 Å². The highest BCUT2D eigenvalue weighted by molar-refractivity contribution is 5.82. The van der Waals surface area contributed by atoms with Crippen molar-refractivity contribution in [3.8, 4) is 17.0 Å². The smallest absolute Gasteiger partial charge is 0.263 e. The van der Waals surface area contributed by atoms with Crippen LogP contribution < -0.4 is 4.74 Å². The van der Waals surface area contributed by atoms with Gasteiger partial charge >= 0.3 is 0 Å². The van der Waals surface area contributed by atoms with E-state index in [1.54, 1.807) is 12.1 Å². The summed E-state index contributed by atoms with van der Waals surface area (Å²) in [6.45, 7) is 1.12. The van der Waals surface area contributed by atoms with Crippen molar-refractivity contribution in [1.29, 1.82) is 0 Å². The van der Waals surface area contributed by atoms with Gasteiger partial charge < -0.3 is 4.74 Å². The molecule has 3 nitrogen and oxygen atoms in total. The molecule has 0 unspecified atom stereocenters. The van der Waals surface area contributed by atoms with Crippen molar-refractivity contribution in [3.63, 3.8) is 0 Å². The number of pyridine rings is 1. The third kappa shape index (κ3) is 4.03. The Morgan fingerprint density at radius 1 is 0.926 bits per heavy atom. The van der Waals surface area contributed by atoms with E-state index in [0.717, 1.165) is 46.8 Å². The zero-order chi connectivity index (χ0) is 18.6. The number of aromatic nitrogens is 1. The molecule has 0 aliphatic carbocycles. The Labute approximate surface area is 156 Å². The third-order valence-electron chi connectivity index (χ3n) is 4.50. The van der Waals surface area contributed by atoms with Crippen LogP contribution in [0, 0.1) is 0 Å². The van der Waals surface area contributed by atoms with E-state index >= 15 is 0 Å². The number of halogens is 2. The van der Waals surface area contributed by atoms with Gasteiger partial charge in [0.2, 0.25) is 0 Å². The highest BCUT2D eigenvalue weighted by atomic mass is 19.3. The van der Waals surface area contributed by atoms with E-state index in [4.69, 9.17) is 9.72 Å². The van der Waals surface area contributed by atoms with Crippen LogP contribution in [0.2, 0.25) is 0 Å². The summed E-state index contributed by atoms with van der Waals surface area (Å²) in [6, 6.07) is 18.0. The largest absolute Gasteiger partial charge is 0.489 e. The minimum absolute atomic E-state index is 0.0203. The number of ether oxygens (including phenoxy) is 1. The summed E-state index contributed by atoms with van der Waals surface area (Å²) in [5.41, 5.74) is 4.98. The molecule has 1 aliphatic heterocycles. The standard InChI is InChI=1S/C22H18F2N2O/c23-22(24)17-3-1-15(2-4-17)14-27-19-8-5-16(6-9-19)20-10-7-18-13-25-12-11-21(18)26-20/h1-10,13,22H,11-12,14H2. The maximum absolute atomic E-state index is 12.6. The summed E-state index contributed by atoms with van der Waals surface area (Å²) in [7, 11) is 0. The lowest BCUT2D eigenvalue weighted by Crippen LogP contribution is -2.06. The van der Waals surface area contributed by atoms with Crippen molar-refractivity contribution in [3.05, 3.63) is 83.0 Å². The first-order chi connectivity index (χ1) is 13.2. The fourth-order valence-corrected chi connectivity index (χ4v) is 2.97. The van der Waals surface area contributed by atoms with E-state index in [2.05, 4.69) is 4.99 Å². The van der Waals surface area contributed by atoms with Crippen LogP contribution in [0.3, 0.4) is 0 Å². The molecule has 1 aliphatic rings. The lowest BCUT2D eigenvalue weighted by Gasteiger charge is -2.11. The zero-order valence-electron chi connectivity index (χ0n) is 14.6. The Kier molecular flexibility index (Phi) is 4.92. The maximum atomic E-state index is 12.6. The molecule has 0 atom stereocenters. The number of rotatable bonds is 5. The Morgan fingerprint density at radius 3 is 2.44 bits per heavy atom. The van der Waals surface area contributed by atoms with Crippen LogP contribution in [0.4, 0.5) is 8.78 Å². The second kappa shape index (κ2) is 7.66. The quantitative estimate of drug-likeness (QED) is 0.620. The maximum Gasteiger partial charge on any atom is 0.263 e. The van der Waals surface area contributed by atoms with Crippen LogP contribution in [0.1, 0.15) is 28.8 Å². The molecule has 0 fully saturated rings. The first kappa shape index (κ1) is 17.3. The molecule has 5 heteroatoms. The van der Waals surface area contributed by atoms with Crippen molar-refractivity contribution in [2.24, 2.45) is 4.99 Å².